The molecule has 3 aromatic carbocycles. The van der Waals surface area contributed by atoms with Crippen LogP contribution in [0.5, 0.6) is 0 Å². The highest BCUT2D eigenvalue weighted by Crippen LogP contribution is 2.54. The average molecular weight is 705 g/mol. The lowest BCUT2D eigenvalue weighted by Gasteiger charge is -2.34. The maximum atomic E-state index is 12.2. The van der Waals surface area contributed by atoms with Gasteiger partial charge in [0.2, 0.25) is 4.21 Å². The fourth-order valence-electron chi connectivity index (χ4n) is 3.31. The summed E-state index contributed by atoms with van der Waals surface area (Å²) in [6, 6.07) is 33.2. The van der Waals surface area contributed by atoms with E-state index in [1.165, 1.54) is 34.2 Å². The van der Waals surface area contributed by atoms with Crippen molar-refractivity contribution in [3.63, 3.8) is 0 Å². The molecule has 0 amide bonds. The van der Waals surface area contributed by atoms with E-state index in [2.05, 4.69) is 105 Å². The first-order chi connectivity index (χ1) is 20.2. The third-order valence-corrected chi connectivity index (χ3v) is 11.3. The van der Waals surface area contributed by atoms with Gasteiger partial charge in [-0.3, -0.25) is 0 Å². The van der Waals surface area contributed by atoms with Gasteiger partial charge < -0.3 is 4.55 Å². The summed E-state index contributed by atoms with van der Waals surface area (Å²) in [4.78, 5) is 4.04. The lowest BCUT2D eigenvalue weighted by atomic mass is 10.1. The minimum absolute atomic E-state index is 0.0632. The number of benzene rings is 3. The number of rotatable bonds is 8. The van der Waals surface area contributed by atoms with E-state index in [-0.39, 0.29) is 10.9 Å². The quantitative estimate of drug-likeness (QED) is 0.104. The van der Waals surface area contributed by atoms with Crippen molar-refractivity contribution >= 4 is 44.1 Å². The molecule has 1 aromatic heterocycles. The van der Waals surface area contributed by atoms with E-state index in [0.717, 1.165) is 0 Å². The van der Waals surface area contributed by atoms with E-state index in [1.807, 2.05) is 23.1 Å². The Bertz CT molecular complexity index is 1590. The van der Waals surface area contributed by atoms with E-state index in [4.69, 9.17) is 0 Å². The number of alkyl halides is 9. The van der Waals surface area contributed by atoms with Crippen LogP contribution in [0.3, 0.4) is 0 Å². The van der Waals surface area contributed by atoms with Crippen molar-refractivity contribution in [3.05, 3.63) is 102 Å². The molecule has 4 aromatic rings. The summed E-state index contributed by atoms with van der Waals surface area (Å²) in [5.74, 6) is -14.8. The highest BCUT2D eigenvalue weighted by atomic mass is 32.2. The lowest BCUT2D eigenvalue weighted by molar-refractivity contribution is -0.382. The van der Waals surface area contributed by atoms with Gasteiger partial charge in [0.05, 0.1) is 4.21 Å². The van der Waals surface area contributed by atoms with Crippen molar-refractivity contribution in [2.45, 2.75) is 60.2 Å². The number of hydrogen-bond donors (Lipinski definition) is 0. The zero-order chi connectivity index (χ0) is 33.1. The van der Waals surface area contributed by atoms with Crippen LogP contribution in [0.4, 0.5) is 39.5 Å². The predicted octanol–water partition coefficient (Wildman–Crippen LogP) is 9.57. The topological polar surface area (TPSA) is 57.2 Å². The Morgan fingerprint density at radius 2 is 1.11 bits per heavy atom. The summed E-state index contributed by atoms with van der Waals surface area (Å²) in [6.45, 7) is 4.29. The molecule has 3 nitrogen and oxygen atoms in total. The zero-order valence-corrected chi connectivity index (χ0v) is 25.7. The van der Waals surface area contributed by atoms with Crippen LogP contribution >= 0.6 is 23.1 Å². The Kier molecular flexibility index (Phi) is 10.9. The standard InChI is InChI=1S/C24H21S3.C4HF9O3S/c1-18-8-12-21(13-9-18)27(22-14-10-19(2)11-15-22)24-17-16-23(26-24)25-20-6-4-3-5-7-20;5-1(6,3(9,10)11)2(7,8)4(12,13)17(14,15)16/h3-17H,1-2H3;(H,14,15,16)/q+1;/p-1. The van der Waals surface area contributed by atoms with Gasteiger partial charge in [-0.05, 0) is 56.3 Å². The molecule has 0 radical (unpaired) electrons. The molecule has 238 valence electrons. The Morgan fingerprint density at radius 1 is 0.659 bits per heavy atom. The maximum absolute atomic E-state index is 12.2. The van der Waals surface area contributed by atoms with Gasteiger partial charge in [0.25, 0.3) is 0 Å². The zero-order valence-electron chi connectivity index (χ0n) is 22.4. The smallest absolute Gasteiger partial charge is 0.460 e. The van der Waals surface area contributed by atoms with E-state index in [9.17, 15) is 52.5 Å². The van der Waals surface area contributed by atoms with Crippen molar-refractivity contribution in [3.8, 4) is 0 Å². The van der Waals surface area contributed by atoms with Crippen LogP contribution in [0.2, 0.25) is 0 Å². The number of halogens is 9. The summed E-state index contributed by atoms with van der Waals surface area (Å²) in [5.41, 5.74) is 2.61. The predicted molar refractivity (Wildman–Crippen MR) is 150 cm³/mol. The first kappa shape index (κ1) is 35.8. The molecular formula is C28H21F9O3S4. The molecule has 0 bridgehead atoms. The fraction of sp³-hybridized carbons (Fsp3) is 0.214. The average Bonchev–Trinajstić information content (AvgIpc) is 3.38. The summed E-state index contributed by atoms with van der Waals surface area (Å²) in [6.07, 6.45) is -7.16. The second-order valence-corrected chi connectivity index (χ2v) is 15.2. The molecule has 0 saturated carbocycles. The van der Waals surface area contributed by atoms with Crippen LogP contribution in [-0.2, 0) is 21.0 Å². The molecule has 16 heteroatoms. The Labute approximate surface area is 258 Å². The summed E-state index contributed by atoms with van der Waals surface area (Å²) in [7, 11) is -7.48. The van der Waals surface area contributed by atoms with Gasteiger partial charge in [-0.15, -0.1) is 0 Å². The second-order valence-electron chi connectivity index (χ2n) is 9.04. The van der Waals surface area contributed by atoms with E-state index in [0.29, 0.717) is 0 Å². The first-order valence-corrected chi connectivity index (χ1v) is 16.3. The van der Waals surface area contributed by atoms with Gasteiger partial charge in [0.15, 0.2) is 19.9 Å². The molecule has 44 heavy (non-hydrogen) atoms. The minimum atomic E-state index is -7.43. The molecule has 4 rings (SSSR count). The third kappa shape index (κ3) is 7.76. The monoisotopic (exact) mass is 704 g/mol. The van der Waals surface area contributed by atoms with Crippen molar-refractivity contribution in [2.75, 3.05) is 0 Å². The van der Waals surface area contributed by atoms with Gasteiger partial charge in [0.1, 0.15) is 10.9 Å². The molecule has 0 aliphatic carbocycles. The van der Waals surface area contributed by atoms with Gasteiger partial charge in [0, 0.05) is 11.0 Å². The number of thiophene rings is 1. The van der Waals surface area contributed by atoms with Crippen molar-refractivity contribution in [2.24, 2.45) is 0 Å². The van der Waals surface area contributed by atoms with Gasteiger partial charge >= 0.3 is 23.3 Å². The molecule has 0 atom stereocenters. The summed E-state index contributed by atoms with van der Waals surface area (Å²) >= 11 is 3.75. The summed E-state index contributed by atoms with van der Waals surface area (Å²) in [5, 5.41) is -7.11. The largest absolute Gasteiger partial charge is 0.743 e. The molecule has 0 unspecified atom stereocenters. The van der Waals surface area contributed by atoms with E-state index in [1.54, 1.807) is 0 Å². The van der Waals surface area contributed by atoms with Crippen LogP contribution in [0.25, 0.3) is 0 Å². The normalized spacial score (nSPS) is 13.0. The van der Waals surface area contributed by atoms with Gasteiger partial charge in [-0.25, -0.2) is 8.42 Å². The van der Waals surface area contributed by atoms with Crippen LogP contribution in [0, 0.1) is 13.8 Å². The summed E-state index contributed by atoms with van der Waals surface area (Å²) < 4.78 is 138. The van der Waals surface area contributed by atoms with E-state index >= 15 is 0 Å². The Hall–Kier alpha value is -2.66. The maximum Gasteiger partial charge on any atom is 0.460 e. The molecule has 0 aliphatic rings. The molecule has 0 N–H and O–H groups in total. The molecular weight excluding hydrogens is 684 g/mol. The molecule has 0 fully saturated rings. The first-order valence-electron chi connectivity index (χ1n) is 12.0. The van der Waals surface area contributed by atoms with Crippen molar-refractivity contribution in [1.29, 1.82) is 0 Å². The van der Waals surface area contributed by atoms with Gasteiger partial charge in [-0.2, -0.15) is 39.5 Å². The van der Waals surface area contributed by atoms with Crippen LogP contribution in [0.15, 0.2) is 114 Å². The van der Waals surface area contributed by atoms with Crippen LogP contribution in [-0.4, -0.2) is 36.2 Å². The molecule has 0 saturated heterocycles. The second kappa shape index (κ2) is 13.4. The molecule has 0 aliphatic heterocycles. The van der Waals surface area contributed by atoms with Crippen molar-refractivity contribution < 1.29 is 52.5 Å². The highest BCUT2D eigenvalue weighted by molar-refractivity contribution is 8.02. The lowest BCUT2D eigenvalue weighted by Crippen LogP contribution is -2.63. The highest BCUT2D eigenvalue weighted by Gasteiger charge is 2.83. The molecule has 0 spiro atoms. The minimum Gasteiger partial charge on any atom is -0.743 e. The number of hydrogen-bond acceptors (Lipinski definition) is 5. The Morgan fingerprint density at radius 3 is 1.52 bits per heavy atom. The fourth-order valence-corrected chi connectivity index (χ4v) is 8.70. The Balaban J connectivity index is 0.000000271. The van der Waals surface area contributed by atoms with E-state index < -0.39 is 33.4 Å². The SMILES string of the molecule is Cc1ccc([S+](c2ccc(C)cc2)c2ccc(Sc3ccccc3)s2)cc1.O=S(=O)([O-])C(F)(F)C(F)(F)C(F)(F)C(F)(F)F. The number of aryl methyl sites for hydroxylation is 2. The van der Waals surface area contributed by atoms with Crippen LogP contribution < -0.4 is 0 Å². The van der Waals surface area contributed by atoms with Crippen molar-refractivity contribution in [1.82, 2.24) is 0 Å². The van der Waals surface area contributed by atoms with Crippen LogP contribution in [0.1, 0.15) is 11.1 Å². The third-order valence-electron chi connectivity index (χ3n) is 5.66. The van der Waals surface area contributed by atoms with Gasteiger partial charge in [-0.1, -0.05) is 76.7 Å². The molecule has 1 heterocycles.